The second-order valence-electron chi connectivity index (χ2n) is 4.35. The van der Waals surface area contributed by atoms with E-state index < -0.39 is 8.80 Å². The van der Waals surface area contributed by atoms with Gasteiger partial charge in [-0.3, -0.25) is 0 Å². The van der Waals surface area contributed by atoms with Crippen LogP contribution in [0, 0.1) is 3.57 Å². The van der Waals surface area contributed by atoms with Gasteiger partial charge in [0.05, 0.1) is 8.80 Å². The van der Waals surface area contributed by atoms with E-state index in [0.717, 1.165) is 0 Å². The molecule has 0 atom stereocenters. The lowest BCUT2D eigenvalue weighted by atomic mass is 10.1. The zero-order chi connectivity index (χ0) is 10.3. The molecule has 0 bridgehead atoms. The van der Waals surface area contributed by atoms with Gasteiger partial charge in [-0.2, -0.15) is 0 Å². The predicted molar refractivity (Wildman–Crippen MR) is 75.0 cm³/mol. The molecule has 2 heteroatoms. The maximum Gasteiger partial charge on any atom is 0.0651 e. The van der Waals surface area contributed by atoms with Gasteiger partial charge in [-0.15, -0.1) is 0 Å². The molecule has 0 spiro atoms. The molecular weight excluding hydrogens is 299 g/mol. The molecule has 0 radical (unpaired) electrons. The fraction of sp³-hybridized carbons (Fsp3) is 0.333. The van der Waals surface area contributed by atoms with Crippen molar-refractivity contribution in [2.24, 2.45) is 0 Å². The number of rotatable bonds is 1. The van der Waals surface area contributed by atoms with Crippen molar-refractivity contribution < 1.29 is 0 Å². The Morgan fingerprint density at radius 2 is 2.00 bits per heavy atom. The van der Waals surface area contributed by atoms with Gasteiger partial charge in [-0.25, -0.2) is 0 Å². The van der Waals surface area contributed by atoms with Gasteiger partial charge in [0.15, 0.2) is 0 Å². The Hall–Kier alpha value is -0.0931. The molecule has 0 saturated carbocycles. The Kier molecular flexibility index (Phi) is 2.84. The van der Waals surface area contributed by atoms with Crippen LogP contribution in [-0.2, 0) is 6.42 Å². The van der Waals surface area contributed by atoms with E-state index in [2.05, 4.69) is 60.8 Å². The van der Waals surface area contributed by atoms with Gasteiger partial charge >= 0.3 is 0 Å². The summed E-state index contributed by atoms with van der Waals surface area (Å²) >= 11 is 2.45. The van der Waals surface area contributed by atoms with E-state index in [1.807, 2.05) is 0 Å². The molecule has 1 aliphatic carbocycles. The summed E-state index contributed by atoms with van der Waals surface area (Å²) in [6, 6.07) is 4.63. The molecule has 0 nitrogen and oxygen atoms in total. The molecule has 0 heterocycles. The van der Waals surface area contributed by atoms with Crippen molar-refractivity contribution >= 4 is 42.7 Å². The maximum absolute atomic E-state index is 2.45. The van der Waals surface area contributed by atoms with E-state index in [1.165, 1.54) is 21.1 Å². The second kappa shape index (κ2) is 3.81. The molecule has 14 heavy (non-hydrogen) atoms. The van der Waals surface area contributed by atoms with Gasteiger partial charge in [0.1, 0.15) is 0 Å². The van der Waals surface area contributed by atoms with Crippen LogP contribution in [0.2, 0.25) is 13.1 Å². The minimum Gasteiger partial charge on any atom is -0.0683 e. The van der Waals surface area contributed by atoms with E-state index >= 15 is 0 Å². The largest absolute Gasteiger partial charge is 0.0683 e. The van der Waals surface area contributed by atoms with Crippen molar-refractivity contribution in [3.05, 3.63) is 32.4 Å². The molecule has 1 aliphatic rings. The number of hydrogen-bond acceptors (Lipinski definition) is 0. The Labute approximate surface area is 101 Å². The molecule has 0 amide bonds. The Balaban J connectivity index is 2.59. The highest BCUT2D eigenvalue weighted by Gasteiger charge is 2.17. The summed E-state index contributed by atoms with van der Waals surface area (Å²) in [4.78, 5) is 0. The average Bonchev–Trinajstić information content (AvgIpc) is 2.47. The van der Waals surface area contributed by atoms with Gasteiger partial charge in [0.25, 0.3) is 0 Å². The minimum absolute atomic E-state index is 0.658. The quantitative estimate of drug-likeness (QED) is 0.552. The van der Waals surface area contributed by atoms with Crippen LogP contribution in [0.5, 0.6) is 0 Å². The standard InChI is InChI=1S/C12H15ISi/c1-8-6-9-10(7-8)12(14(2)3)5-4-11(9)13/h4-6,14H,7H2,1-3H3. The van der Waals surface area contributed by atoms with Crippen molar-refractivity contribution in [2.75, 3.05) is 0 Å². The van der Waals surface area contributed by atoms with Crippen LogP contribution >= 0.6 is 22.6 Å². The molecule has 0 aromatic heterocycles. The van der Waals surface area contributed by atoms with Crippen LogP contribution in [-0.4, -0.2) is 8.80 Å². The predicted octanol–water partition coefficient (Wildman–Crippen LogP) is 2.94. The number of halogens is 1. The lowest BCUT2D eigenvalue weighted by molar-refractivity contribution is 1.20. The molecule has 0 saturated heterocycles. The van der Waals surface area contributed by atoms with Crippen molar-refractivity contribution in [1.29, 1.82) is 0 Å². The Morgan fingerprint density at radius 1 is 1.29 bits per heavy atom. The Morgan fingerprint density at radius 3 is 2.64 bits per heavy atom. The van der Waals surface area contributed by atoms with Crippen LogP contribution < -0.4 is 5.19 Å². The van der Waals surface area contributed by atoms with Gasteiger partial charge in [-0.1, -0.05) is 36.0 Å². The zero-order valence-corrected chi connectivity index (χ0v) is 12.2. The third-order valence-corrected chi connectivity index (χ3v) is 5.53. The molecule has 0 aliphatic heterocycles. The SMILES string of the molecule is CC1=Cc2c(I)ccc([SiH](C)C)c2C1. The van der Waals surface area contributed by atoms with Crippen molar-refractivity contribution in [2.45, 2.75) is 26.4 Å². The normalized spacial score (nSPS) is 14.5. The first kappa shape index (κ1) is 10.4. The van der Waals surface area contributed by atoms with Gasteiger partial charge in [0.2, 0.25) is 0 Å². The number of hydrogen-bond donors (Lipinski definition) is 0. The molecule has 0 unspecified atom stereocenters. The van der Waals surface area contributed by atoms with E-state index in [0.29, 0.717) is 0 Å². The van der Waals surface area contributed by atoms with E-state index in [9.17, 15) is 0 Å². The van der Waals surface area contributed by atoms with E-state index in [-0.39, 0.29) is 0 Å². The van der Waals surface area contributed by atoms with Crippen LogP contribution in [0.15, 0.2) is 17.7 Å². The Bertz CT molecular complexity index is 405. The second-order valence-corrected chi connectivity index (χ2v) is 8.44. The highest BCUT2D eigenvalue weighted by Crippen LogP contribution is 2.27. The lowest BCUT2D eigenvalue weighted by Gasteiger charge is -2.12. The first-order valence-corrected chi connectivity index (χ1v) is 9.04. The maximum atomic E-state index is 2.45. The van der Waals surface area contributed by atoms with E-state index in [1.54, 1.807) is 10.8 Å². The van der Waals surface area contributed by atoms with Crippen LogP contribution in [0.3, 0.4) is 0 Å². The topological polar surface area (TPSA) is 0 Å². The molecule has 1 aromatic carbocycles. The summed E-state index contributed by atoms with van der Waals surface area (Å²) in [5.41, 5.74) is 4.64. The van der Waals surface area contributed by atoms with Crippen molar-refractivity contribution in [1.82, 2.24) is 0 Å². The summed E-state index contributed by atoms with van der Waals surface area (Å²) in [6.07, 6.45) is 3.55. The molecule has 1 aromatic rings. The fourth-order valence-corrected chi connectivity index (χ4v) is 4.22. The van der Waals surface area contributed by atoms with Crippen LogP contribution in [0.25, 0.3) is 6.08 Å². The number of benzene rings is 1. The summed E-state index contributed by atoms with van der Waals surface area (Å²) < 4.78 is 1.41. The van der Waals surface area contributed by atoms with Gasteiger partial charge in [-0.05, 0) is 53.1 Å². The van der Waals surface area contributed by atoms with Crippen LogP contribution in [0.4, 0.5) is 0 Å². The molecule has 0 fully saturated rings. The van der Waals surface area contributed by atoms with Crippen molar-refractivity contribution in [3.8, 4) is 0 Å². The van der Waals surface area contributed by atoms with Crippen molar-refractivity contribution in [3.63, 3.8) is 0 Å². The molecule has 74 valence electrons. The first-order valence-electron chi connectivity index (χ1n) is 5.08. The zero-order valence-electron chi connectivity index (χ0n) is 8.89. The monoisotopic (exact) mass is 314 g/mol. The van der Waals surface area contributed by atoms with Gasteiger partial charge in [0, 0.05) is 3.57 Å². The third kappa shape index (κ3) is 1.70. The molecular formula is C12H15ISi. The number of fused-ring (bicyclic) bond motifs is 1. The minimum atomic E-state index is -0.658. The lowest BCUT2D eigenvalue weighted by Crippen LogP contribution is -2.27. The summed E-state index contributed by atoms with van der Waals surface area (Å²) in [5.74, 6) is 0. The average molecular weight is 314 g/mol. The highest BCUT2D eigenvalue weighted by molar-refractivity contribution is 14.1. The number of allylic oxidation sites excluding steroid dienone is 1. The molecule has 0 N–H and O–H groups in total. The van der Waals surface area contributed by atoms with Crippen LogP contribution in [0.1, 0.15) is 18.1 Å². The third-order valence-electron chi connectivity index (χ3n) is 2.81. The van der Waals surface area contributed by atoms with E-state index in [4.69, 9.17) is 0 Å². The summed E-state index contributed by atoms with van der Waals surface area (Å²) in [7, 11) is -0.658. The summed E-state index contributed by atoms with van der Waals surface area (Å²) in [5, 5.41) is 1.66. The smallest absolute Gasteiger partial charge is 0.0651 e. The highest BCUT2D eigenvalue weighted by atomic mass is 127. The summed E-state index contributed by atoms with van der Waals surface area (Å²) in [6.45, 7) is 7.06. The van der Waals surface area contributed by atoms with Gasteiger partial charge < -0.3 is 0 Å². The first-order chi connectivity index (χ1) is 6.59. The fourth-order valence-electron chi connectivity index (χ4n) is 2.12. The molecule has 2 rings (SSSR count).